The Morgan fingerprint density at radius 2 is 1.28 bits per heavy atom. The topological polar surface area (TPSA) is 86.3 Å². The standard InChI is InChI=1S/C28H40N2O6/c1-8-9-18-28(5,29-25(31)35-27(2,3)4)36-26(32)30(19-21-10-14-23(33-6)15-11-21)20-22-12-16-24(34-7)17-13-22/h10-17H,8-9,18-20H2,1-7H3,(H,29,31)/t28-/m0/s1. The minimum absolute atomic E-state index is 0.311. The van der Waals surface area contributed by atoms with Crippen molar-refractivity contribution in [3.63, 3.8) is 0 Å². The van der Waals surface area contributed by atoms with Gasteiger partial charge >= 0.3 is 12.2 Å². The Kier molecular flexibility index (Phi) is 10.4. The number of nitrogens with zero attached hydrogens (tertiary/aromatic N) is 1. The third kappa shape index (κ3) is 9.68. The van der Waals surface area contributed by atoms with Crippen molar-refractivity contribution in [3.8, 4) is 11.5 Å². The molecule has 2 rings (SSSR count). The molecule has 0 aliphatic carbocycles. The molecule has 2 amide bonds. The number of methoxy groups -OCH3 is 2. The van der Waals surface area contributed by atoms with Crippen LogP contribution in [-0.2, 0) is 22.6 Å². The maximum absolute atomic E-state index is 13.5. The van der Waals surface area contributed by atoms with Crippen LogP contribution in [0.25, 0.3) is 0 Å². The van der Waals surface area contributed by atoms with Gasteiger partial charge in [-0.05, 0) is 69.5 Å². The Hall–Kier alpha value is -3.42. The Balaban J connectivity index is 2.26. The molecule has 198 valence electrons. The van der Waals surface area contributed by atoms with E-state index in [-0.39, 0.29) is 0 Å². The van der Waals surface area contributed by atoms with E-state index in [0.29, 0.717) is 19.5 Å². The van der Waals surface area contributed by atoms with Gasteiger partial charge in [-0.1, -0.05) is 37.6 Å². The molecule has 1 atom stereocenters. The Morgan fingerprint density at radius 3 is 1.67 bits per heavy atom. The molecular formula is C28H40N2O6. The fourth-order valence-corrected chi connectivity index (χ4v) is 3.52. The van der Waals surface area contributed by atoms with Crippen LogP contribution in [0.1, 0.15) is 65.0 Å². The normalized spacial score (nSPS) is 12.8. The monoisotopic (exact) mass is 500 g/mol. The van der Waals surface area contributed by atoms with Crippen LogP contribution in [0.2, 0.25) is 0 Å². The molecule has 0 aliphatic heterocycles. The summed E-state index contributed by atoms with van der Waals surface area (Å²) in [7, 11) is 3.22. The molecule has 36 heavy (non-hydrogen) atoms. The number of ether oxygens (including phenoxy) is 4. The second-order valence-corrected chi connectivity index (χ2v) is 9.88. The summed E-state index contributed by atoms with van der Waals surface area (Å²) in [6.07, 6.45) is 0.913. The van der Waals surface area contributed by atoms with Crippen LogP contribution in [0.3, 0.4) is 0 Å². The molecule has 2 aromatic carbocycles. The molecule has 0 bridgehead atoms. The summed E-state index contributed by atoms with van der Waals surface area (Å²) in [4.78, 5) is 27.6. The number of nitrogens with one attached hydrogen (secondary N) is 1. The van der Waals surface area contributed by atoms with Crippen molar-refractivity contribution in [1.82, 2.24) is 10.2 Å². The van der Waals surface area contributed by atoms with Gasteiger partial charge in [-0.2, -0.15) is 0 Å². The summed E-state index contributed by atoms with van der Waals surface area (Å²) in [6.45, 7) is 9.71. The van der Waals surface area contributed by atoms with Crippen LogP contribution in [0.15, 0.2) is 48.5 Å². The molecule has 0 spiro atoms. The van der Waals surface area contributed by atoms with Crippen LogP contribution in [-0.4, -0.2) is 42.6 Å². The number of hydrogen-bond acceptors (Lipinski definition) is 6. The number of carbonyl (C=O) groups excluding carboxylic acids is 2. The van der Waals surface area contributed by atoms with Crippen LogP contribution >= 0.6 is 0 Å². The van der Waals surface area contributed by atoms with Gasteiger partial charge in [0.05, 0.1) is 14.2 Å². The van der Waals surface area contributed by atoms with E-state index in [0.717, 1.165) is 35.5 Å². The molecule has 0 fully saturated rings. The molecule has 0 heterocycles. The van der Waals surface area contributed by atoms with E-state index in [1.54, 1.807) is 46.8 Å². The number of rotatable bonds is 11. The van der Waals surface area contributed by atoms with Crippen molar-refractivity contribution in [2.45, 2.75) is 78.3 Å². The number of amides is 2. The van der Waals surface area contributed by atoms with Crippen LogP contribution < -0.4 is 14.8 Å². The van der Waals surface area contributed by atoms with Gasteiger partial charge in [0.1, 0.15) is 17.1 Å². The first-order valence-electron chi connectivity index (χ1n) is 12.2. The highest BCUT2D eigenvalue weighted by molar-refractivity contribution is 5.71. The first kappa shape index (κ1) is 28.8. The van der Waals surface area contributed by atoms with E-state index in [1.165, 1.54) is 0 Å². The predicted molar refractivity (Wildman–Crippen MR) is 139 cm³/mol. The lowest BCUT2D eigenvalue weighted by Gasteiger charge is -2.34. The van der Waals surface area contributed by atoms with E-state index < -0.39 is 23.5 Å². The molecule has 2 aromatic rings. The van der Waals surface area contributed by atoms with Gasteiger partial charge in [-0.25, -0.2) is 9.59 Å². The number of carbonyl (C=O) groups is 2. The third-order valence-corrected chi connectivity index (χ3v) is 5.41. The van der Waals surface area contributed by atoms with Gasteiger partial charge in [0.15, 0.2) is 5.72 Å². The summed E-state index contributed by atoms with van der Waals surface area (Å²) >= 11 is 0. The van der Waals surface area contributed by atoms with E-state index >= 15 is 0 Å². The summed E-state index contributed by atoms with van der Waals surface area (Å²) in [5.74, 6) is 1.47. The zero-order chi connectivity index (χ0) is 26.8. The maximum Gasteiger partial charge on any atom is 0.412 e. The van der Waals surface area contributed by atoms with Gasteiger partial charge in [0, 0.05) is 19.5 Å². The molecule has 8 nitrogen and oxygen atoms in total. The zero-order valence-electron chi connectivity index (χ0n) is 22.6. The van der Waals surface area contributed by atoms with Crippen molar-refractivity contribution in [2.75, 3.05) is 14.2 Å². The molecule has 0 aromatic heterocycles. The number of unbranched alkanes of at least 4 members (excludes halogenated alkanes) is 1. The quantitative estimate of drug-likeness (QED) is 0.366. The summed E-state index contributed by atoms with van der Waals surface area (Å²) in [5.41, 5.74) is -0.0737. The zero-order valence-corrected chi connectivity index (χ0v) is 22.6. The smallest absolute Gasteiger partial charge is 0.412 e. The van der Waals surface area contributed by atoms with Crippen molar-refractivity contribution in [2.24, 2.45) is 0 Å². The minimum Gasteiger partial charge on any atom is -0.497 e. The molecule has 0 saturated carbocycles. The predicted octanol–water partition coefficient (Wildman–Crippen LogP) is 6.27. The van der Waals surface area contributed by atoms with E-state index in [2.05, 4.69) is 5.32 Å². The number of benzene rings is 2. The molecule has 0 aliphatic rings. The van der Waals surface area contributed by atoms with Crippen molar-refractivity contribution in [1.29, 1.82) is 0 Å². The van der Waals surface area contributed by atoms with E-state index in [1.807, 2.05) is 55.5 Å². The highest BCUT2D eigenvalue weighted by Gasteiger charge is 2.34. The average molecular weight is 501 g/mol. The lowest BCUT2D eigenvalue weighted by Crippen LogP contribution is -2.52. The van der Waals surface area contributed by atoms with Gasteiger partial charge in [0.2, 0.25) is 0 Å². The first-order valence-corrected chi connectivity index (χ1v) is 12.2. The molecule has 0 radical (unpaired) electrons. The van der Waals surface area contributed by atoms with Crippen LogP contribution in [0.4, 0.5) is 9.59 Å². The van der Waals surface area contributed by atoms with Crippen molar-refractivity contribution >= 4 is 12.2 Å². The number of alkyl carbamates (subject to hydrolysis) is 1. The second kappa shape index (κ2) is 13.0. The summed E-state index contributed by atoms with van der Waals surface area (Å²) in [6, 6.07) is 15.0. The lowest BCUT2D eigenvalue weighted by atomic mass is 10.1. The Bertz CT molecular complexity index is 920. The fraction of sp³-hybridized carbons (Fsp3) is 0.500. The second-order valence-electron chi connectivity index (χ2n) is 9.88. The Labute approximate surface area is 214 Å². The molecule has 0 saturated heterocycles. The molecule has 1 N–H and O–H groups in total. The van der Waals surface area contributed by atoms with Gasteiger partial charge in [0.25, 0.3) is 0 Å². The van der Waals surface area contributed by atoms with E-state index in [9.17, 15) is 9.59 Å². The maximum atomic E-state index is 13.5. The van der Waals surface area contributed by atoms with E-state index in [4.69, 9.17) is 18.9 Å². The first-order chi connectivity index (χ1) is 17.0. The van der Waals surface area contributed by atoms with Crippen LogP contribution in [0.5, 0.6) is 11.5 Å². The highest BCUT2D eigenvalue weighted by Crippen LogP contribution is 2.22. The fourth-order valence-electron chi connectivity index (χ4n) is 3.52. The molecule has 8 heteroatoms. The number of hydrogen-bond donors (Lipinski definition) is 1. The average Bonchev–Trinajstić information content (AvgIpc) is 2.82. The van der Waals surface area contributed by atoms with Gasteiger partial charge in [-0.3, -0.25) is 10.2 Å². The third-order valence-electron chi connectivity index (χ3n) is 5.41. The van der Waals surface area contributed by atoms with Crippen molar-refractivity contribution < 1.29 is 28.5 Å². The summed E-state index contributed by atoms with van der Waals surface area (Å²) in [5, 5.41) is 2.76. The lowest BCUT2D eigenvalue weighted by molar-refractivity contribution is -0.0366. The van der Waals surface area contributed by atoms with Gasteiger partial charge < -0.3 is 18.9 Å². The van der Waals surface area contributed by atoms with Gasteiger partial charge in [-0.15, -0.1) is 0 Å². The largest absolute Gasteiger partial charge is 0.497 e. The molecule has 0 unspecified atom stereocenters. The summed E-state index contributed by atoms with van der Waals surface area (Å²) < 4.78 is 21.8. The highest BCUT2D eigenvalue weighted by atomic mass is 16.6. The minimum atomic E-state index is -1.23. The van der Waals surface area contributed by atoms with Crippen molar-refractivity contribution in [3.05, 3.63) is 59.7 Å². The Morgan fingerprint density at radius 1 is 0.806 bits per heavy atom. The van der Waals surface area contributed by atoms with Crippen LogP contribution in [0, 0.1) is 0 Å². The SMILES string of the molecule is CCCC[C@@](C)(NC(=O)OC(C)(C)C)OC(=O)N(Cc1ccc(OC)cc1)Cc1ccc(OC)cc1. The molecular weight excluding hydrogens is 460 g/mol.